The van der Waals surface area contributed by atoms with Crippen LogP contribution in [0, 0.1) is 5.92 Å². The summed E-state index contributed by atoms with van der Waals surface area (Å²) < 4.78 is 10.8. The van der Waals surface area contributed by atoms with Gasteiger partial charge in [-0.1, -0.05) is 26.2 Å². The van der Waals surface area contributed by atoms with Crippen LogP contribution in [0.1, 0.15) is 65.7 Å². The smallest absolute Gasteiger partial charge is 0.326 e. The second kappa shape index (κ2) is 9.42. The fraction of sp³-hybridized carbons (Fsp3) is 0.941. The summed E-state index contributed by atoms with van der Waals surface area (Å²) in [4.78, 5) is 12.3. The minimum absolute atomic E-state index is 0.107. The number of methoxy groups -OCH3 is 1. The predicted molar refractivity (Wildman–Crippen MR) is 85.3 cm³/mol. The zero-order valence-corrected chi connectivity index (χ0v) is 14.2. The van der Waals surface area contributed by atoms with Crippen molar-refractivity contribution < 1.29 is 14.3 Å². The molecule has 21 heavy (non-hydrogen) atoms. The summed E-state index contributed by atoms with van der Waals surface area (Å²) in [7, 11) is 1.49. The van der Waals surface area contributed by atoms with Crippen LogP contribution in [0.5, 0.6) is 0 Å². The molecule has 0 amide bonds. The molecule has 1 aliphatic rings. The van der Waals surface area contributed by atoms with Crippen LogP contribution in [0.2, 0.25) is 0 Å². The monoisotopic (exact) mass is 299 g/mol. The maximum Gasteiger partial charge on any atom is 0.326 e. The van der Waals surface area contributed by atoms with Gasteiger partial charge < -0.3 is 9.47 Å². The maximum absolute atomic E-state index is 12.3. The van der Waals surface area contributed by atoms with Gasteiger partial charge in [-0.15, -0.1) is 0 Å². The van der Waals surface area contributed by atoms with Gasteiger partial charge in [0.05, 0.1) is 7.11 Å². The molecule has 1 fully saturated rings. The van der Waals surface area contributed by atoms with Crippen LogP contribution in [-0.2, 0) is 14.3 Å². The Hall–Kier alpha value is -0.610. The third kappa shape index (κ3) is 5.26. The van der Waals surface area contributed by atoms with Gasteiger partial charge in [0.1, 0.15) is 5.54 Å². The van der Waals surface area contributed by atoms with E-state index in [9.17, 15) is 4.79 Å². The zero-order valence-electron chi connectivity index (χ0n) is 14.2. The second-order valence-electron chi connectivity index (χ2n) is 6.46. The highest BCUT2D eigenvalue weighted by Crippen LogP contribution is 2.39. The normalized spacial score (nSPS) is 25.5. The van der Waals surface area contributed by atoms with Crippen molar-refractivity contribution in [2.75, 3.05) is 20.3 Å². The summed E-state index contributed by atoms with van der Waals surface area (Å²) in [5, 5.41) is 3.49. The molecule has 0 heterocycles. The number of carbonyl (C=O) groups excluding carboxylic acids is 1. The third-order valence-corrected chi connectivity index (χ3v) is 4.42. The Balaban J connectivity index is 2.51. The molecule has 124 valence electrons. The zero-order chi connectivity index (χ0) is 15.7. The van der Waals surface area contributed by atoms with E-state index >= 15 is 0 Å². The molecule has 4 heteroatoms. The van der Waals surface area contributed by atoms with Gasteiger partial charge in [-0.3, -0.25) is 10.1 Å². The summed E-state index contributed by atoms with van der Waals surface area (Å²) in [6.07, 6.45) is 7.54. The number of rotatable bonds is 10. The van der Waals surface area contributed by atoms with Gasteiger partial charge in [0.25, 0.3) is 0 Å². The standard InChI is InChI=1S/C17H33NO3/c1-5-6-7-12-21-13-10-15-9-8-11-17(15,16(19)20-4)18-14(2)3/h14-15,18H,5-13H2,1-4H3. The quantitative estimate of drug-likeness (QED) is 0.497. The Labute approximate surface area is 130 Å². The SMILES string of the molecule is CCCCCOCCC1CCCC1(NC(C)C)C(=O)OC. The van der Waals surface area contributed by atoms with Crippen molar-refractivity contribution in [3.63, 3.8) is 0 Å². The molecule has 1 aliphatic carbocycles. The lowest BCUT2D eigenvalue weighted by Gasteiger charge is -2.35. The van der Waals surface area contributed by atoms with Crippen molar-refractivity contribution >= 4 is 5.97 Å². The molecule has 0 aromatic carbocycles. The number of esters is 1. The van der Waals surface area contributed by atoms with Gasteiger partial charge in [-0.25, -0.2) is 0 Å². The molecular formula is C17H33NO3. The van der Waals surface area contributed by atoms with Crippen molar-refractivity contribution in [1.82, 2.24) is 5.32 Å². The number of hydrogen-bond acceptors (Lipinski definition) is 4. The van der Waals surface area contributed by atoms with E-state index in [-0.39, 0.29) is 12.0 Å². The van der Waals surface area contributed by atoms with E-state index in [1.807, 2.05) is 0 Å². The molecule has 0 bridgehead atoms. The molecule has 0 aromatic heterocycles. The summed E-state index contributed by atoms with van der Waals surface area (Å²) in [5.74, 6) is 0.211. The highest BCUT2D eigenvalue weighted by Gasteiger charge is 2.49. The molecule has 4 nitrogen and oxygen atoms in total. The lowest BCUT2D eigenvalue weighted by molar-refractivity contribution is -0.151. The molecular weight excluding hydrogens is 266 g/mol. The first-order valence-electron chi connectivity index (χ1n) is 8.50. The van der Waals surface area contributed by atoms with Crippen molar-refractivity contribution in [2.24, 2.45) is 5.92 Å². The second-order valence-corrected chi connectivity index (χ2v) is 6.46. The van der Waals surface area contributed by atoms with E-state index in [0.717, 1.165) is 45.3 Å². The summed E-state index contributed by atoms with van der Waals surface area (Å²) in [6.45, 7) is 7.94. The molecule has 1 N–H and O–H groups in total. The van der Waals surface area contributed by atoms with E-state index in [1.165, 1.54) is 20.0 Å². The molecule has 1 rings (SSSR count). The van der Waals surface area contributed by atoms with Gasteiger partial charge in [-0.05, 0) is 45.4 Å². The van der Waals surface area contributed by atoms with Crippen molar-refractivity contribution in [2.45, 2.75) is 77.3 Å². The molecule has 2 atom stereocenters. The van der Waals surface area contributed by atoms with Crippen LogP contribution in [0.15, 0.2) is 0 Å². The largest absolute Gasteiger partial charge is 0.468 e. The lowest BCUT2D eigenvalue weighted by atomic mass is 9.84. The number of ether oxygens (including phenoxy) is 2. The van der Waals surface area contributed by atoms with Crippen molar-refractivity contribution in [3.8, 4) is 0 Å². The Kier molecular flexibility index (Phi) is 8.27. The van der Waals surface area contributed by atoms with E-state index < -0.39 is 5.54 Å². The highest BCUT2D eigenvalue weighted by molar-refractivity contribution is 5.81. The molecule has 0 aromatic rings. The Morgan fingerprint density at radius 1 is 1.33 bits per heavy atom. The maximum atomic E-state index is 12.3. The minimum atomic E-state index is -0.504. The van der Waals surface area contributed by atoms with Crippen LogP contribution in [0.4, 0.5) is 0 Å². The average Bonchev–Trinajstić information content (AvgIpc) is 2.85. The van der Waals surface area contributed by atoms with Gasteiger partial charge in [-0.2, -0.15) is 0 Å². The molecule has 2 unspecified atom stereocenters. The summed E-state index contributed by atoms with van der Waals surface area (Å²) in [5.41, 5.74) is -0.504. The van der Waals surface area contributed by atoms with Crippen LogP contribution in [-0.4, -0.2) is 37.9 Å². The van der Waals surface area contributed by atoms with Gasteiger partial charge in [0.15, 0.2) is 0 Å². The summed E-state index contributed by atoms with van der Waals surface area (Å²) >= 11 is 0. The Bertz CT molecular complexity index is 306. The van der Waals surface area contributed by atoms with E-state index in [2.05, 4.69) is 26.1 Å². The fourth-order valence-corrected chi connectivity index (χ4v) is 3.47. The number of carbonyl (C=O) groups is 1. The first kappa shape index (κ1) is 18.4. The van der Waals surface area contributed by atoms with Gasteiger partial charge in [0, 0.05) is 19.3 Å². The number of nitrogens with one attached hydrogen (secondary N) is 1. The number of unbranched alkanes of at least 4 members (excludes halogenated alkanes) is 2. The van der Waals surface area contributed by atoms with Crippen LogP contribution in [0.25, 0.3) is 0 Å². The predicted octanol–water partition coefficient (Wildman–Crippen LogP) is 3.29. The van der Waals surface area contributed by atoms with Crippen LogP contribution >= 0.6 is 0 Å². The van der Waals surface area contributed by atoms with Crippen molar-refractivity contribution in [3.05, 3.63) is 0 Å². The van der Waals surface area contributed by atoms with Crippen LogP contribution in [0.3, 0.4) is 0 Å². The minimum Gasteiger partial charge on any atom is -0.468 e. The van der Waals surface area contributed by atoms with E-state index in [0.29, 0.717) is 5.92 Å². The molecule has 0 radical (unpaired) electrons. The van der Waals surface area contributed by atoms with Gasteiger partial charge >= 0.3 is 5.97 Å². The highest BCUT2D eigenvalue weighted by atomic mass is 16.5. The molecule has 0 aliphatic heterocycles. The first-order valence-corrected chi connectivity index (χ1v) is 8.50. The average molecular weight is 299 g/mol. The number of hydrogen-bond donors (Lipinski definition) is 1. The molecule has 1 saturated carbocycles. The van der Waals surface area contributed by atoms with E-state index in [1.54, 1.807) is 0 Å². The molecule has 0 spiro atoms. The summed E-state index contributed by atoms with van der Waals surface area (Å²) in [6, 6.07) is 0.273. The molecule has 0 saturated heterocycles. The van der Waals surface area contributed by atoms with Crippen molar-refractivity contribution in [1.29, 1.82) is 0 Å². The lowest BCUT2D eigenvalue weighted by Crippen LogP contribution is -2.57. The fourth-order valence-electron chi connectivity index (χ4n) is 3.47. The van der Waals surface area contributed by atoms with Crippen LogP contribution < -0.4 is 5.32 Å². The van der Waals surface area contributed by atoms with Gasteiger partial charge in [0.2, 0.25) is 0 Å². The Morgan fingerprint density at radius 2 is 2.10 bits per heavy atom. The van der Waals surface area contributed by atoms with E-state index in [4.69, 9.17) is 9.47 Å². The third-order valence-electron chi connectivity index (χ3n) is 4.42. The first-order chi connectivity index (χ1) is 10.1. The topological polar surface area (TPSA) is 47.6 Å². The Morgan fingerprint density at radius 3 is 2.71 bits per heavy atom.